The predicted octanol–water partition coefficient (Wildman–Crippen LogP) is 4.10. The molecule has 0 radical (unpaired) electrons. The van der Waals surface area contributed by atoms with E-state index in [4.69, 9.17) is 0 Å². The summed E-state index contributed by atoms with van der Waals surface area (Å²) in [6, 6.07) is 18.3. The molecule has 0 heterocycles. The smallest absolute Gasteiger partial charge is 0.134 e. The van der Waals surface area contributed by atoms with Crippen molar-refractivity contribution >= 4 is 11.6 Å². The van der Waals surface area contributed by atoms with Crippen LogP contribution in [0.4, 0.5) is 0 Å². The quantitative estimate of drug-likeness (QED) is 0.850. The van der Waals surface area contributed by atoms with Crippen molar-refractivity contribution in [2.75, 3.05) is 0 Å². The Morgan fingerprint density at radius 1 is 0.864 bits per heavy atom. The third kappa shape index (κ3) is 2.50. The highest BCUT2D eigenvalue weighted by Gasteiger charge is 2.43. The summed E-state index contributed by atoms with van der Waals surface area (Å²) in [5, 5.41) is 0. The summed E-state index contributed by atoms with van der Waals surface area (Å²) in [5.74, 6) is 0.204. The van der Waals surface area contributed by atoms with Crippen molar-refractivity contribution in [3.05, 3.63) is 71.3 Å². The van der Waals surface area contributed by atoms with Gasteiger partial charge in [-0.1, -0.05) is 54.6 Å². The molecule has 0 N–H and O–H groups in total. The SMILES string of the molecule is CC(=O)C[C@@H]1c2ccccc2[C@H](c2ccccc2)[C@H]1C(C)=O. The Hall–Kier alpha value is -2.22. The van der Waals surface area contributed by atoms with Crippen LogP contribution in [0.25, 0.3) is 0 Å². The molecule has 0 unspecified atom stereocenters. The molecule has 0 spiro atoms. The second kappa shape index (κ2) is 5.88. The highest BCUT2D eigenvalue weighted by atomic mass is 16.1. The minimum atomic E-state index is -0.149. The van der Waals surface area contributed by atoms with Gasteiger partial charge in [0.2, 0.25) is 0 Å². The van der Waals surface area contributed by atoms with E-state index >= 15 is 0 Å². The monoisotopic (exact) mass is 292 g/mol. The lowest BCUT2D eigenvalue weighted by Crippen LogP contribution is -2.22. The average Bonchev–Trinajstić information content (AvgIpc) is 2.82. The van der Waals surface area contributed by atoms with Gasteiger partial charge in [-0.15, -0.1) is 0 Å². The Balaban J connectivity index is 2.15. The fraction of sp³-hybridized carbons (Fsp3) is 0.300. The van der Waals surface area contributed by atoms with Crippen LogP contribution in [0.1, 0.15) is 48.8 Å². The van der Waals surface area contributed by atoms with Crippen molar-refractivity contribution in [2.24, 2.45) is 5.92 Å². The molecule has 0 fully saturated rings. The van der Waals surface area contributed by atoms with Gasteiger partial charge in [-0.3, -0.25) is 4.79 Å². The van der Waals surface area contributed by atoms with Gasteiger partial charge in [0, 0.05) is 24.2 Å². The number of hydrogen-bond acceptors (Lipinski definition) is 2. The number of Topliss-reactive ketones (excluding diaryl/α,β-unsaturated/α-hetero) is 2. The standard InChI is InChI=1S/C20H20O2/c1-13(21)12-18-16-10-6-7-11-17(16)20(19(18)14(2)22)15-8-4-3-5-9-15/h3-11,18-20H,12H2,1-2H3/t18-,19+,20+/m1/s1. The second-order valence-electron chi connectivity index (χ2n) is 6.17. The van der Waals surface area contributed by atoms with Crippen LogP contribution in [0, 0.1) is 5.92 Å². The van der Waals surface area contributed by atoms with E-state index in [2.05, 4.69) is 24.3 Å². The topological polar surface area (TPSA) is 34.1 Å². The van der Waals surface area contributed by atoms with Crippen molar-refractivity contribution in [2.45, 2.75) is 32.1 Å². The third-order valence-electron chi connectivity index (χ3n) is 4.66. The molecule has 0 bridgehead atoms. The molecule has 2 aromatic carbocycles. The lowest BCUT2D eigenvalue weighted by Gasteiger charge is -2.23. The summed E-state index contributed by atoms with van der Waals surface area (Å²) in [6.07, 6.45) is 0.435. The van der Waals surface area contributed by atoms with E-state index in [-0.39, 0.29) is 29.3 Å². The van der Waals surface area contributed by atoms with Crippen LogP contribution in [0.3, 0.4) is 0 Å². The molecule has 1 aliphatic rings. The lowest BCUT2D eigenvalue weighted by atomic mass is 9.78. The molecule has 0 saturated heterocycles. The van der Waals surface area contributed by atoms with E-state index in [1.54, 1.807) is 13.8 Å². The molecule has 3 rings (SSSR count). The van der Waals surface area contributed by atoms with Gasteiger partial charge in [0.05, 0.1) is 0 Å². The maximum atomic E-state index is 12.4. The van der Waals surface area contributed by atoms with Crippen LogP contribution >= 0.6 is 0 Å². The van der Waals surface area contributed by atoms with Crippen LogP contribution < -0.4 is 0 Å². The molecule has 2 heteroatoms. The first kappa shape index (κ1) is 14.7. The van der Waals surface area contributed by atoms with Gasteiger partial charge in [-0.2, -0.15) is 0 Å². The van der Waals surface area contributed by atoms with Crippen LogP contribution in [-0.2, 0) is 9.59 Å². The van der Waals surface area contributed by atoms with E-state index in [9.17, 15) is 9.59 Å². The van der Waals surface area contributed by atoms with Gasteiger partial charge in [-0.05, 0) is 30.5 Å². The summed E-state index contributed by atoms with van der Waals surface area (Å²) in [5.41, 5.74) is 3.51. The Labute approximate surface area is 131 Å². The first-order valence-electron chi connectivity index (χ1n) is 7.73. The van der Waals surface area contributed by atoms with E-state index in [1.807, 2.05) is 30.3 Å². The highest BCUT2D eigenvalue weighted by molar-refractivity contribution is 5.85. The van der Waals surface area contributed by atoms with Gasteiger partial charge in [0.25, 0.3) is 0 Å². The van der Waals surface area contributed by atoms with Crippen LogP contribution in [0.2, 0.25) is 0 Å². The average molecular weight is 292 g/mol. The van der Waals surface area contributed by atoms with E-state index in [1.165, 1.54) is 5.56 Å². The summed E-state index contributed by atoms with van der Waals surface area (Å²) < 4.78 is 0. The number of carbonyl (C=O) groups is 2. The number of fused-ring (bicyclic) bond motifs is 1. The highest BCUT2D eigenvalue weighted by Crippen LogP contribution is 2.51. The molecule has 2 nitrogen and oxygen atoms in total. The summed E-state index contributed by atoms with van der Waals surface area (Å²) in [7, 11) is 0. The number of carbonyl (C=O) groups excluding carboxylic acids is 2. The summed E-state index contributed by atoms with van der Waals surface area (Å²) >= 11 is 0. The Kier molecular flexibility index (Phi) is 3.93. The van der Waals surface area contributed by atoms with Gasteiger partial charge in [0.15, 0.2) is 0 Å². The zero-order chi connectivity index (χ0) is 15.7. The molecule has 22 heavy (non-hydrogen) atoms. The minimum absolute atomic E-state index is 0.00333. The fourth-order valence-corrected chi connectivity index (χ4v) is 3.86. The van der Waals surface area contributed by atoms with Gasteiger partial charge >= 0.3 is 0 Å². The Morgan fingerprint density at radius 3 is 2.05 bits per heavy atom. The van der Waals surface area contributed by atoms with E-state index in [0.717, 1.165) is 11.1 Å². The van der Waals surface area contributed by atoms with Crippen LogP contribution in [-0.4, -0.2) is 11.6 Å². The van der Waals surface area contributed by atoms with Crippen LogP contribution in [0.5, 0.6) is 0 Å². The van der Waals surface area contributed by atoms with E-state index < -0.39 is 0 Å². The van der Waals surface area contributed by atoms with E-state index in [0.29, 0.717) is 6.42 Å². The maximum Gasteiger partial charge on any atom is 0.134 e. The zero-order valence-corrected chi connectivity index (χ0v) is 13.0. The van der Waals surface area contributed by atoms with Gasteiger partial charge in [-0.25, -0.2) is 0 Å². The van der Waals surface area contributed by atoms with Gasteiger partial charge in [0.1, 0.15) is 11.6 Å². The molecule has 0 aliphatic heterocycles. The number of ketones is 2. The predicted molar refractivity (Wildman–Crippen MR) is 86.9 cm³/mol. The molecular weight excluding hydrogens is 272 g/mol. The molecule has 0 amide bonds. The van der Waals surface area contributed by atoms with Crippen molar-refractivity contribution in [1.29, 1.82) is 0 Å². The first-order chi connectivity index (χ1) is 10.6. The Bertz CT molecular complexity index is 703. The molecule has 0 saturated carbocycles. The Morgan fingerprint density at radius 2 is 1.45 bits per heavy atom. The largest absolute Gasteiger partial charge is 0.300 e. The van der Waals surface area contributed by atoms with Gasteiger partial charge < -0.3 is 4.79 Å². The minimum Gasteiger partial charge on any atom is -0.300 e. The van der Waals surface area contributed by atoms with Crippen molar-refractivity contribution in [3.8, 4) is 0 Å². The number of benzene rings is 2. The van der Waals surface area contributed by atoms with Crippen LogP contribution in [0.15, 0.2) is 54.6 Å². The zero-order valence-electron chi connectivity index (χ0n) is 13.0. The third-order valence-corrected chi connectivity index (χ3v) is 4.66. The van der Waals surface area contributed by atoms with Crippen molar-refractivity contribution in [1.82, 2.24) is 0 Å². The number of rotatable bonds is 4. The van der Waals surface area contributed by atoms with Crippen molar-refractivity contribution in [3.63, 3.8) is 0 Å². The van der Waals surface area contributed by atoms with Crippen molar-refractivity contribution < 1.29 is 9.59 Å². The maximum absolute atomic E-state index is 12.4. The summed E-state index contributed by atoms with van der Waals surface area (Å²) in [4.78, 5) is 24.1. The molecule has 112 valence electrons. The normalized spacial score (nSPS) is 23.1. The first-order valence-corrected chi connectivity index (χ1v) is 7.73. The number of hydrogen-bond donors (Lipinski definition) is 0. The second-order valence-corrected chi connectivity index (χ2v) is 6.17. The fourth-order valence-electron chi connectivity index (χ4n) is 3.86. The summed E-state index contributed by atoms with van der Waals surface area (Å²) in [6.45, 7) is 3.26. The molecule has 0 aromatic heterocycles. The molecule has 1 aliphatic carbocycles. The molecule has 3 atom stereocenters. The lowest BCUT2D eigenvalue weighted by molar-refractivity contribution is -0.122. The molecular formula is C20H20O2. The molecule has 2 aromatic rings.